The van der Waals surface area contributed by atoms with Crippen LogP contribution < -0.4 is 5.32 Å². The smallest absolute Gasteiger partial charge is 0.407 e. The van der Waals surface area contributed by atoms with Crippen molar-refractivity contribution in [2.75, 3.05) is 33.2 Å². The molecular formula is C20H29FN4O5. The number of hydrogen-bond acceptors (Lipinski definition) is 6. The number of rotatable bonds is 5. The van der Waals surface area contributed by atoms with Gasteiger partial charge in [0, 0.05) is 38.3 Å². The van der Waals surface area contributed by atoms with Crippen LogP contribution in [-0.4, -0.2) is 71.6 Å². The predicted molar refractivity (Wildman–Crippen MR) is 109 cm³/mol. The summed E-state index contributed by atoms with van der Waals surface area (Å²) in [7, 11) is 1.96. The Morgan fingerprint density at radius 3 is 2.33 bits per heavy atom. The Labute approximate surface area is 175 Å². The average Bonchev–Trinajstić information content (AvgIpc) is 2.60. The number of nitrogens with one attached hydrogen (secondary N) is 1. The van der Waals surface area contributed by atoms with E-state index in [1.807, 2.05) is 7.05 Å². The quantitative estimate of drug-likeness (QED) is 0.575. The van der Waals surface area contributed by atoms with Crippen LogP contribution in [-0.2, 0) is 9.53 Å². The van der Waals surface area contributed by atoms with Crippen molar-refractivity contribution < 1.29 is 23.6 Å². The minimum absolute atomic E-state index is 0.255. The van der Waals surface area contributed by atoms with Crippen LogP contribution in [0.4, 0.5) is 14.9 Å². The Bertz CT molecular complexity index is 803. The number of carbonyl (C=O) groups is 2. The lowest BCUT2D eigenvalue weighted by Gasteiger charge is -2.36. The molecule has 1 N–H and O–H groups in total. The molecule has 2 amide bonds. The summed E-state index contributed by atoms with van der Waals surface area (Å²) in [5.74, 6) is -2.23. The van der Waals surface area contributed by atoms with Crippen LogP contribution in [0.3, 0.4) is 0 Å². The van der Waals surface area contributed by atoms with Gasteiger partial charge in [0.25, 0.3) is 0 Å². The number of carbonyl (C=O) groups excluding carboxylic acids is 2. The Kier molecular flexibility index (Phi) is 7.35. The summed E-state index contributed by atoms with van der Waals surface area (Å²) in [6.45, 7) is 9.17. The van der Waals surface area contributed by atoms with Crippen LogP contribution in [0, 0.1) is 15.9 Å². The zero-order chi connectivity index (χ0) is 22.6. The fourth-order valence-corrected chi connectivity index (χ4v) is 3.31. The van der Waals surface area contributed by atoms with Gasteiger partial charge in [0.15, 0.2) is 0 Å². The van der Waals surface area contributed by atoms with E-state index in [0.29, 0.717) is 26.2 Å². The van der Waals surface area contributed by atoms with Gasteiger partial charge in [-0.15, -0.1) is 0 Å². The van der Waals surface area contributed by atoms with Crippen LogP contribution in [0.25, 0.3) is 0 Å². The molecule has 0 radical (unpaired) electrons. The molecule has 1 aromatic rings. The predicted octanol–water partition coefficient (Wildman–Crippen LogP) is 2.50. The first kappa shape index (κ1) is 23.5. The normalized spacial score (nSPS) is 17.2. The molecule has 0 aliphatic carbocycles. The number of hydrogen-bond donors (Lipinski definition) is 1. The van der Waals surface area contributed by atoms with Crippen LogP contribution in [0.15, 0.2) is 18.2 Å². The van der Waals surface area contributed by atoms with E-state index >= 15 is 0 Å². The van der Waals surface area contributed by atoms with Gasteiger partial charge in [-0.2, -0.15) is 4.39 Å². The number of ether oxygens (including phenoxy) is 1. The summed E-state index contributed by atoms with van der Waals surface area (Å²) in [6.07, 6.45) is -0.700. The van der Waals surface area contributed by atoms with Gasteiger partial charge in [0.2, 0.25) is 11.7 Å². The number of likely N-dealkylation sites (N-methyl/N-ethyl adjacent to an activating group) is 1. The molecule has 0 saturated carbocycles. The Balaban J connectivity index is 2.32. The van der Waals surface area contributed by atoms with E-state index in [0.717, 1.165) is 12.1 Å². The molecule has 0 aromatic heterocycles. The molecule has 0 bridgehead atoms. The highest BCUT2D eigenvalue weighted by Crippen LogP contribution is 2.28. The van der Waals surface area contributed by atoms with E-state index in [2.05, 4.69) is 10.2 Å². The van der Waals surface area contributed by atoms with E-state index in [1.54, 1.807) is 32.6 Å². The van der Waals surface area contributed by atoms with E-state index in [1.165, 1.54) is 6.07 Å². The first-order valence-corrected chi connectivity index (χ1v) is 9.79. The van der Waals surface area contributed by atoms with E-state index in [-0.39, 0.29) is 11.5 Å². The molecule has 9 nitrogen and oxygen atoms in total. The van der Waals surface area contributed by atoms with Gasteiger partial charge in [-0.1, -0.05) is 6.07 Å². The largest absolute Gasteiger partial charge is 0.444 e. The molecule has 30 heavy (non-hydrogen) atoms. The molecular weight excluding hydrogens is 395 g/mol. The van der Waals surface area contributed by atoms with E-state index in [9.17, 15) is 24.1 Å². The third kappa shape index (κ3) is 6.12. The number of nitro benzene ring substituents is 1. The van der Waals surface area contributed by atoms with Crippen LogP contribution in [0.1, 0.15) is 39.2 Å². The standard InChI is InChI=1S/C20H29FN4O5/c1-13(22-19(27)30-20(2,3)4)17(18(26)24-10-8-23(5)9-11-24)14-6-7-16(25(28)29)15(21)12-14/h6-7,12-13,17H,8-11H2,1-5H3,(H,22,27)/t13-,17-/m1/s1. The van der Waals surface area contributed by atoms with Crippen LogP contribution in [0.5, 0.6) is 0 Å². The fraction of sp³-hybridized carbons (Fsp3) is 0.600. The summed E-state index contributed by atoms with van der Waals surface area (Å²) in [5.41, 5.74) is -1.14. The molecule has 1 heterocycles. The number of piperazine rings is 1. The van der Waals surface area contributed by atoms with Gasteiger partial charge in [-0.05, 0) is 46.4 Å². The molecule has 0 spiro atoms. The van der Waals surface area contributed by atoms with Crippen molar-refractivity contribution in [2.45, 2.75) is 45.3 Å². The number of benzene rings is 1. The highest BCUT2D eigenvalue weighted by Gasteiger charge is 2.34. The van der Waals surface area contributed by atoms with Crippen LogP contribution >= 0.6 is 0 Å². The van der Waals surface area contributed by atoms with E-state index in [4.69, 9.17) is 4.74 Å². The van der Waals surface area contributed by atoms with Crippen molar-refractivity contribution in [3.8, 4) is 0 Å². The summed E-state index contributed by atoms with van der Waals surface area (Å²) in [5, 5.41) is 13.6. The highest BCUT2D eigenvalue weighted by molar-refractivity contribution is 5.85. The maximum atomic E-state index is 14.3. The molecule has 1 saturated heterocycles. The third-order valence-corrected chi connectivity index (χ3v) is 4.85. The monoisotopic (exact) mass is 424 g/mol. The van der Waals surface area contributed by atoms with Gasteiger partial charge < -0.3 is 19.9 Å². The topological polar surface area (TPSA) is 105 Å². The summed E-state index contributed by atoms with van der Waals surface area (Å²) < 4.78 is 19.5. The van der Waals surface area contributed by atoms with Gasteiger partial charge >= 0.3 is 11.8 Å². The number of nitro groups is 1. The summed E-state index contributed by atoms with van der Waals surface area (Å²) in [6, 6.07) is 2.65. The molecule has 1 aliphatic heterocycles. The average molecular weight is 424 g/mol. The molecule has 166 valence electrons. The molecule has 1 fully saturated rings. The van der Waals surface area contributed by atoms with Crippen molar-refractivity contribution in [3.05, 3.63) is 39.7 Å². The van der Waals surface area contributed by atoms with Gasteiger partial charge in [0.1, 0.15) is 5.60 Å². The van der Waals surface area contributed by atoms with Gasteiger partial charge in [0.05, 0.1) is 10.8 Å². The van der Waals surface area contributed by atoms with Crippen molar-refractivity contribution >= 4 is 17.7 Å². The SMILES string of the molecule is C[C@@H](NC(=O)OC(C)(C)C)[C@@H](C(=O)N1CCN(C)CC1)c1ccc([N+](=O)[O-])c(F)c1. The second-order valence-electron chi connectivity index (χ2n) is 8.51. The molecule has 1 aromatic carbocycles. The minimum atomic E-state index is -1.03. The molecule has 2 atom stereocenters. The first-order valence-electron chi connectivity index (χ1n) is 9.79. The Hall–Kier alpha value is -2.75. The minimum Gasteiger partial charge on any atom is -0.444 e. The number of alkyl carbamates (subject to hydrolysis) is 1. The summed E-state index contributed by atoms with van der Waals surface area (Å²) >= 11 is 0. The maximum absolute atomic E-state index is 14.3. The number of nitrogens with zero attached hydrogens (tertiary/aromatic N) is 3. The highest BCUT2D eigenvalue weighted by atomic mass is 19.1. The van der Waals surface area contributed by atoms with Gasteiger partial charge in [-0.3, -0.25) is 14.9 Å². The Morgan fingerprint density at radius 2 is 1.83 bits per heavy atom. The first-order chi connectivity index (χ1) is 13.9. The van der Waals surface area contributed by atoms with Crippen molar-refractivity contribution in [2.24, 2.45) is 0 Å². The second-order valence-corrected chi connectivity index (χ2v) is 8.51. The molecule has 0 unspecified atom stereocenters. The zero-order valence-electron chi connectivity index (χ0n) is 18.0. The third-order valence-electron chi connectivity index (χ3n) is 4.85. The zero-order valence-corrected chi connectivity index (χ0v) is 18.0. The summed E-state index contributed by atoms with van der Waals surface area (Å²) in [4.78, 5) is 39.4. The van der Waals surface area contributed by atoms with Crippen molar-refractivity contribution in [3.63, 3.8) is 0 Å². The fourth-order valence-electron chi connectivity index (χ4n) is 3.31. The van der Waals surface area contributed by atoms with Gasteiger partial charge in [-0.25, -0.2) is 4.79 Å². The number of amides is 2. The second kappa shape index (κ2) is 9.38. The lowest BCUT2D eigenvalue weighted by atomic mass is 9.90. The number of halogens is 1. The lowest BCUT2D eigenvalue weighted by Crippen LogP contribution is -2.52. The molecule has 2 rings (SSSR count). The Morgan fingerprint density at radius 1 is 1.23 bits per heavy atom. The van der Waals surface area contributed by atoms with Crippen molar-refractivity contribution in [1.82, 2.24) is 15.1 Å². The van der Waals surface area contributed by atoms with Crippen LogP contribution in [0.2, 0.25) is 0 Å². The maximum Gasteiger partial charge on any atom is 0.407 e. The lowest BCUT2D eigenvalue weighted by molar-refractivity contribution is -0.387. The molecule has 1 aliphatic rings. The molecule has 10 heteroatoms. The van der Waals surface area contributed by atoms with Crippen molar-refractivity contribution in [1.29, 1.82) is 0 Å². The van der Waals surface area contributed by atoms with E-state index < -0.39 is 40.1 Å².